The molecule has 0 atom stereocenters. The number of hydrogen-bond donors (Lipinski definition) is 2. The van der Waals surface area contributed by atoms with Gasteiger partial charge in [-0.1, -0.05) is 6.07 Å². The van der Waals surface area contributed by atoms with Crippen molar-refractivity contribution in [2.45, 2.75) is 13.8 Å². The summed E-state index contributed by atoms with van der Waals surface area (Å²) in [6.45, 7) is 4.13. The third kappa shape index (κ3) is 2.51. The molecule has 0 aliphatic carbocycles. The summed E-state index contributed by atoms with van der Waals surface area (Å²) in [5.41, 5.74) is 14.7. The van der Waals surface area contributed by atoms with Crippen LogP contribution in [0.2, 0.25) is 0 Å². The van der Waals surface area contributed by atoms with Gasteiger partial charge in [0, 0.05) is 18.8 Å². The van der Waals surface area contributed by atoms with Crippen molar-refractivity contribution in [3.63, 3.8) is 0 Å². The van der Waals surface area contributed by atoms with Gasteiger partial charge in [0.25, 0.3) is 0 Å². The van der Waals surface area contributed by atoms with Crippen LogP contribution < -0.4 is 16.4 Å². The van der Waals surface area contributed by atoms with Crippen LogP contribution in [0.4, 0.5) is 23.3 Å². The van der Waals surface area contributed by atoms with E-state index >= 15 is 0 Å². The smallest absolute Gasteiger partial charge is 0.223 e. The molecule has 0 bridgehead atoms. The molecule has 0 saturated carbocycles. The van der Waals surface area contributed by atoms with Crippen molar-refractivity contribution < 1.29 is 0 Å². The minimum Gasteiger partial charge on any atom is -0.383 e. The van der Waals surface area contributed by atoms with E-state index in [1.807, 2.05) is 11.9 Å². The van der Waals surface area contributed by atoms with Gasteiger partial charge in [-0.2, -0.15) is 9.97 Å². The molecule has 1 aromatic heterocycles. The van der Waals surface area contributed by atoms with Gasteiger partial charge in [0.15, 0.2) is 0 Å². The maximum Gasteiger partial charge on any atom is 0.223 e. The molecule has 0 aliphatic heterocycles. The summed E-state index contributed by atoms with van der Waals surface area (Å²) >= 11 is 0. The lowest BCUT2D eigenvalue weighted by atomic mass is 10.1. The highest BCUT2D eigenvalue weighted by Crippen LogP contribution is 2.25. The van der Waals surface area contributed by atoms with Crippen LogP contribution in [-0.4, -0.2) is 17.0 Å². The number of aryl methyl sites for hydroxylation is 2. The first-order chi connectivity index (χ1) is 8.45. The molecule has 0 unspecified atom stereocenters. The molecule has 0 spiro atoms. The Morgan fingerprint density at radius 2 is 1.56 bits per heavy atom. The molecule has 0 amide bonds. The number of benzene rings is 1. The Morgan fingerprint density at radius 1 is 0.944 bits per heavy atom. The Kier molecular flexibility index (Phi) is 3.06. The van der Waals surface area contributed by atoms with Gasteiger partial charge in [0.05, 0.1) is 0 Å². The lowest BCUT2D eigenvalue weighted by Gasteiger charge is -2.19. The lowest BCUT2D eigenvalue weighted by molar-refractivity contribution is 1.09. The monoisotopic (exact) mass is 243 g/mol. The number of rotatable bonds is 2. The van der Waals surface area contributed by atoms with Gasteiger partial charge in [0.1, 0.15) is 11.6 Å². The third-order valence-corrected chi connectivity index (χ3v) is 2.69. The molecule has 0 aliphatic rings. The number of hydrogen-bond acceptors (Lipinski definition) is 5. The van der Waals surface area contributed by atoms with Crippen molar-refractivity contribution in [2.24, 2.45) is 0 Å². The Labute approximate surface area is 106 Å². The predicted octanol–water partition coefficient (Wildman–Crippen LogP) is 2.03. The van der Waals surface area contributed by atoms with E-state index in [9.17, 15) is 0 Å². The zero-order valence-corrected chi connectivity index (χ0v) is 10.8. The van der Waals surface area contributed by atoms with Gasteiger partial charge in [-0.15, -0.1) is 0 Å². The zero-order valence-electron chi connectivity index (χ0n) is 10.8. The molecule has 18 heavy (non-hydrogen) atoms. The fourth-order valence-corrected chi connectivity index (χ4v) is 1.92. The highest BCUT2D eigenvalue weighted by Gasteiger charge is 2.08. The number of aromatic nitrogens is 2. The molecule has 5 heteroatoms. The second-order valence-corrected chi connectivity index (χ2v) is 4.41. The molecule has 94 valence electrons. The van der Waals surface area contributed by atoms with Gasteiger partial charge < -0.3 is 16.4 Å². The summed E-state index contributed by atoms with van der Waals surface area (Å²) < 4.78 is 0. The summed E-state index contributed by atoms with van der Waals surface area (Å²) in [4.78, 5) is 9.98. The molecule has 4 N–H and O–H groups in total. The Hall–Kier alpha value is -2.30. The molecule has 5 nitrogen and oxygen atoms in total. The van der Waals surface area contributed by atoms with Crippen LogP contribution in [-0.2, 0) is 0 Å². The van der Waals surface area contributed by atoms with Crippen LogP contribution in [0.3, 0.4) is 0 Å². The zero-order chi connectivity index (χ0) is 13.3. The largest absolute Gasteiger partial charge is 0.383 e. The number of nitrogen functional groups attached to an aromatic ring is 2. The molecule has 2 rings (SSSR count). The highest BCUT2D eigenvalue weighted by atomic mass is 15.2. The van der Waals surface area contributed by atoms with Gasteiger partial charge >= 0.3 is 0 Å². The SMILES string of the molecule is Cc1cc(C)cc(N(C)c2cc(N)nc(N)n2)c1. The van der Waals surface area contributed by atoms with Crippen LogP contribution in [0.5, 0.6) is 0 Å². The lowest BCUT2D eigenvalue weighted by Crippen LogP contribution is -2.13. The summed E-state index contributed by atoms with van der Waals surface area (Å²) in [5, 5.41) is 0. The molecule has 0 radical (unpaired) electrons. The minimum absolute atomic E-state index is 0.182. The van der Waals surface area contributed by atoms with Gasteiger partial charge in [-0.25, -0.2) is 0 Å². The van der Waals surface area contributed by atoms with Crippen molar-refractivity contribution in [3.05, 3.63) is 35.4 Å². The summed E-state index contributed by atoms with van der Waals surface area (Å²) in [7, 11) is 1.93. The molecule has 2 aromatic rings. The first-order valence-electron chi connectivity index (χ1n) is 5.68. The van der Waals surface area contributed by atoms with Gasteiger partial charge in [-0.3, -0.25) is 0 Å². The predicted molar refractivity (Wildman–Crippen MR) is 74.8 cm³/mol. The highest BCUT2D eigenvalue weighted by molar-refractivity contribution is 5.63. The van der Waals surface area contributed by atoms with E-state index in [2.05, 4.69) is 42.0 Å². The maximum atomic E-state index is 5.68. The Bertz CT molecular complexity index is 488. The van der Waals surface area contributed by atoms with E-state index in [0.717, 1.165) is 5.69 Å². The standard InChI is InChI=1S/C13H17N5/c1-8-4-9(2)6-10(5-8)18(3)12-7-11(14)16-13(15)17-12/h4-7H,1-3H3,(H4,14,15,16,17). The van der Waals surface area contributed by atoms with Gasteiger partial charge in [0.2, 0.25) is 5.95 Å². The van der Waals surface area contributed by atoms with Crippen molar-refractivity contribution in [1.82, 2.24) is 9.97 Å². The Balaban J connectivity index is 2.43. The van der Waals surface area contributed by atoms with Gasteiger partial charge in [-0.05, 0) is 37.1 Å². The van der Waals surface area contributed by atoms with Crippen LogP contribution >= 0.6 is 0 Å². The fourth-order valence-electron chi connectivity index (χ4n) is 1.92. The van der Waals surface area contributed by atoms with E-state index in [-0.39, 0.29) is 5.95 Å². The molecular formula is C13H17N5. The molecule has 0 fully saturated rings. The molecule has 0 saturated heterocycles. The van der Waals surface area contributed by atoms with E-state index in [4.69, 9.17) is 11.5 Å². The average molecular weight is 243 g/mol. The van der Waals surface area contributed by atoms with Crippen LogP contribution in [0.15, 0.2) is 24.3 Å². The second kappa shape index (κ2) is 4.52. The Morgan fingerprint density at radius 3 is 2.11 bits per heavy atom. The van der Waals surface area contributed by atoms with Crippen LogP contribution in [0.1, 0.15) is 11.1 Å². The van der Waals surface area contributed by atoms with Crippen LogP contribution in [0, 0.1) is 13.8 Å². The maximum absolute atomic E-state index is 5.68. The first-order valence-corrected chi connectivity index (χ1v) is 5.68. The van der Waals surface area contributed by atoms with Crippen molar-refractivity contribution in [3.8, 4) is 0 Å². The summed E-state index contributed by atoms with van der Waals surface area (Å²) in [6.07, 6.45) is 0. The van der Waals surface area contributed by atoms with Crippen molar-refractivity contribution in [1.29, 1.82) is 0 Å². The molecule has 1 heterocycles. The van der Waals surface area contributed by atoms with Crippen LogP contribution in [0.25, 0.3) is 0 Å². The van der Waals surface area contributed by atoms with E-state index in [0.29, 0.717) is 11.6 Å². The molecule has 1 aromatic carbocycles. The minimum atomic E-state index is 0.182. The summed E-state index contributed by atoms with van der Waals surface area (Å²) in [5.74, 6) is 1.24. The van der Waals surface area contributed by atoms with E-state index in [1.165, 1.54) is 11.1 Å². The first kappa shape index (κ1) is 12.2. The third-order valence-electron chi connectivity index (χ3n) is 2.69. The topological polar surface area (TPSA) is 81.1 Å². The number of nitrogens with zero attached hydrogens (tertiary/aromatic N) is 3. The second-order valence-electron chi connectivity index (χ2n) is 4.41. The fraction of sp³-hybridized carbons (Fsp3) is 0.231. The van der Waals surface area contributed by atoms with E-state index < -0.39 is 0 Å². The summed E-state index contributed by atoms with van der Waals surface area (Å²) in [6, 6.07) is 8.00. The van der Waals surface area contributed by atoms with Crippen molar-refractivity contribution >= 4 is 23.3 Å². The quantitative estimate of drug-likeness (QED) is 0.843. The average Bonchev–Trinajstić information content (AvgIpc) is 2.25. The molecular weight excluding hydrogens is 226 g/mol. The number of anilines is 4. The van der Waals surface area contributed by atoms with E-state index in [1.54, 1.807) is 6.07 Å². The number of nitrogens with two attached hydrogens (primary N) is 2. The van der Waals surface area contributed by atoms with Crippen molar-refractivity contribution in [2.75, 3.05) is 23.4 Å². The normalized spacial score (nSPS) is 10.4.